The standard InChI is InChI=1S/C15H15N3O/c1-18(2)15-12(9-16)8-13(10-17-15)11-4-6-14(19-3)7-5-11/h4-8,10H,1-3H3. The van der Waals surface area contributed by atoms with E-state index >= 15 is 0 Å². The maximum atomic E-state index is 9.18. The Kier molecular flexibility index (Phi) is 3.67. The summed E-state index contributed by atoms with van der Waals surface area (Å²) >= 11 is 0. The SMILES string of the molecule is COc1ccc(-c2cnc(N(C)C)c(C#N)c2)cc1. The minimum atomic E-state index is 0.568. The molecule has 0 aliphatic carbocycles. The van der Waals surface area contributed by atoms with Crippen LogP contribution in [-0.2, 0) is 0 Å². The summed E-state index contributed by atoms with van der Waals surface area (Å²) in [6.07, 6.45) is 1.78. The summed E-state index contributed by atoms with van der Waals surface area (Å²) in [6.45, 7) is 0. The highest BCUT2D eigenvalue weighted by molar-refractivity contribution is 5.68. The van der Waals surface area contributed by atoms with Gasteiger partial charge in [0.05, 0.1) is 12.7 Å². The summed E-state index contributed by atoms with van der Waals surface area (Å²) in [5, 5.41) is 9.18. The minimum absolute atomic E-state index is 0.568. The van der Waals surface area contributed by atoms with Crippen LogP contribution in [0.5, 0.6) is 5.75 Å². The number of aromatic nitrogens is 1. The van der Waals surface area contributed by atoms with Gasteiger partial charge in [0.1, 0.15) is 17.6 Å². The van der Waals surface area contributed by atoms with E-state index in [-0.39, 0.29) is 0 Å². The van der Waals surface area contributed by atoms with E-state index in [9.17, 15) is 5.26 Å². The van der Waals surface area contributed by atoms with Crippen molar-refractivity contribution in [2.75, 3.05) is 26.1 Å². The van der Waals surface area contributed by atoms with Gasteiger partial charge in [-0.1, -0.05) is 12.1 Å². The lowest BCUT2D eigenvalue weighted by molar-refractivity contribution is 0.415. The molecule has 0 saturated heterocycles. The van der Waals surface area contributed by atoms with Gasteiger partial charge in [-0.05, 0) is 23.8 Å². The molecular formula is C15H15N3O. The van der Waals surface area contributed by atoms with Crippen molar-refractivity contribution in [3.05, 3.63) is 42.1 Å². The minimum Gasteiger partial charge on any atom is -0.497 e. The zero-order chi connectivity index (χ0) is 13.8. The zero-order valence-electron chi connectivity index (χ0n) is 11.2. The molecule has 0 spiro atoms. The van der Waals surface area contributed by atoms with Crippen molar-refractivity contribution in [3.63, 3.8) is 0 Å². The Balaban J connectivity index is 2.43. The van der Waals surface area contributed by atoms with Gasteiger partial charge in [-0.25, -0.2) is 4.98 Å². The molecule has 0 saturated carbocycles. The van der Waals surface area contributed by atoms with Crippen LogP contribution >= 0.6 is 0 Å². The van der Waals surface area contributed by atoms with E-state index in [1.165, 1.54) is 0 Å². The molecule has 0 aliphatic heterocycles. The quantitative estimate of drug-likeness (QED) is 0.843. The van der Waals surface area contributed by atoms with Gasteiger partial charge in [-0.2, -0.15) is 5.26 Å². The number of hydrogen-bond acceptors (Lipinski definition) is 4. The first-order chi connectivity index (χ1) is 9.15. The molecule has 1 heterocycles. The second-order valence-electron chi connectivity index (χ2n) is 4.33. The van der Waals surface area contributed by atoms with Crippen molar-refractivity contribution in [3.8, 4) is 22.9 Å². The van der Waals surface area contributed by atoms with Crippen molar-refractivity contribution in [2.45, 2.75) is 0 Å². The fraction of sp³-hybridized carbons (Fsp3) is 0.200. The van der Waals surface area contributed by atoms with E-state index in [0.717, 1.165) is 16.9 Å². The molecule has 1 aromatic heterocycles. The molecule has 2 aromatic rings. The lowest BCUT2D eigenvalue weighted by Gasteiger charge is -2.13. The molecule has 19 heavy (non-hydrogen) atoms. The number of hydrogen-bond donors (Lipinski definition) is 0. The highest BCUT2D eigenvalue weighted by Crippen LogP contribution is 2.25. The topological polar surface area (TPSA) is 49.1 Å². The van der Waals surface area contributed by atoms with Gasteiger partial charge < -0.3 is 9.64 Å². The van der Waals surface area contributed by atoms with Crippen molar-refractivity contribution in [1.29, 1.82) is 5.26 Å². The summed E-state index contributed by atoms with van der Waals surface area (Å²) in [5.41, 5.74) is 2.50. The number of methoxy groups -OCH3 is 1. The smallest absolute Gasteiger partial charge is 0.146 e. The Morgan fingerprint density at radius 3 is 2.37 bits per heavy atom. The predicted molar refractivity (Wildman–Crippen MR) is 75.3 cm³/mol. The van der Waals surface area contributed by atoms with Gasteiger partial charge in [0.25, 0.3) is 0 Å². The Hall–Kier alpha value is -2.54. The highest BCUT2D eigenvalue weighted by Gasteiger charge is 2.08. The lowest BCUT2D eigenvalue weighted by atomic mass is 10.1. The van der Waals surface area contributed by atoms with Crippen LogP contribution in [0, 0.1) is 11.3 Å². The summed E-state index contributed by atoms with van der Waals surface area (Å²) in [5.74, 6) is 1.49. The molecule has 0 atom stereocenters. The van der Waals surface area contributed by atoms with Gasteiger partial charge in [0, 0.05) is 25.9 Å². The molecule has 1 aromatic carbocycles. The lowest BCUT2D eigenvalue weighted by Crippen LogP contribution is -2.12. The number of rotatable bonds is 3. The molecule has 0 aliphatic rings. The molecule has 0 fully saturated rings. The number of nitrogens with zero attached hydrogens (tertiary/aromatic N) is 3. The Bertz CT molecular complexity index is 612. The molecule has 4 heteroatoms. The van der Waals surface area contributed by atoms with Crippen LogP contribution < -0.4 is 9.64 Å². The summed E-state index contributed by atoms with van der Waals surface area (Å²) < 4.78 is 5.13. The van der Waals surface area contributed by atoms with Crippen molar-refractivity contribution in [1.82, 2.24) is 4.98 Å². The van der Waals surface area contributed by atoms with Gasteiger partial charge in [-0.3, -0.25) is 0 Å². The number of benzene rings is 1. The predicted octanol–water partition coefficient (Wildman–Crippen LogP) is 2.69. The van der Waals surface area contributed by atoms with E-state index < -0.39 is 0 Å². The maximum Gasteiger partial charge on any atom is 0.146 e. The van der Waals surface area contributed by atoms with E-state index in [1.54, 1.807) is 13.3 Å². The Labute approximate surface area is 112 Å². The second kappa shape index (κ2) is 5.40. The molecule has 0 unspecified atom stereocenters. The van der Waals surface area contributed by atoms with Crippen LogP contribution in [0.25, 0.3) is 11.1 Å². The van der Waals surface area contributed by atoms with Crippen LogP contribution in [0.2, 0.25) is 0 Å². The highest BCUT2D eigenvalue weighted by atomic mass is 16.5. The molecule has 0 radical (unpaired) electrons. The van der Waals surface area contributed by atoms with Gasteiger partial charge in [0.15, 0.2) is 0 Å². The van der Waals surface area contributed by atoms with Crippen LogP contribution in [-0.4, -0.2) is 26.2 Å². The summed E-state index contributed by atoms with van der Waals surface area (Å²) in [7, 11) is 5.38. The van der Waals surface area contributed by atoms with Crippen LogP contribution in [0.3, 0.4) is 0 Å². The first kappa shape index (κ1) is 12.9. The first-order valence-electron chi connectivity index (χ1n) is 5.87. The zero-order valence-corrected chi connectivity index (χ0v) is 11.2. The monoisotopic (exact) mass is 253 g/mol. The van der Waals surface area contributed by atoms with Crippen molar-refractivity contribution >= 4 is 5.82 Å². The number of ether oxygens (including phenoxy) is 1. The summed E-state index contributed by atoms with van der Waals surface area (Å²) in [6, 6.07) is 11.7. The fourth-order valence-corrected chi connectivity index (χ4v) is 1.84. The number of nitriles is 1. The third kappa shape index (κ3) is 2.66. The number of pyridine rings is 1. The van der Waals surface area contributed by atoms with E-state index in [1.807, 2.05) is 49.3 Å². The first-order valence-corrected chi connectivity index (χ1v) is 5.87. The fourth-order valence-electron chi connectivity index (χ4n) is 1.84. The Morgan fingerprint density at radius 2 is 1.84 bits per heavy atom. The molecule has 2 rings (SSSR count). The molecule has 0 amide bonds. The average Bonchev–Trinajstić information content (AvgIpc) is 2.46. The van der Waals surface area contributed by atoms with Gasteiger partial charge in [-0.15, -0.1) is 0 Å². The third-order valence-electron chi connectivity index (χ3n) is 2.83. The average molecular weight is 253 g/mol. The maximum absolute atomic E-state index is 9.18. The molecule has 96 valence electrons. The van der Waals surface area contributed by atoms with E-state index in [0.29, 0.717) is 11.4 Å². The normalized spacial score (nSPS) is 9.79. The van der Waals surface area contributed by atoms with Crippen LogP contribution in [0.1, 0.15) is 5.56 Å². The van der Waals surface area contributed by atoms with Crippen molar-refractivity contribution in [2.24, 2.45) is 0 Å². The van der Waals surface area contributed by atoms with Crippen molar-refractivity contribution < 1.29 is 4.74 Å². The van der Waals surface area contributed by atoms with Gasteiger partial charge >= 0.3 is 0 Å². The van der Waals surface area contributed by atoms with E-state index in [2.05, 4.69) is 11.1 Å². The van der Waals surface area contributed by atoms with E-state index in [4.69, 9.17) is 4.74 Å². The van der Waals surface area contributed by atoms with Crippen LogP contribution in [0.4, 0.5) is 5.82 Å². The molecule has 0 bridgehead atoms. The largest absolute Gasteiger partial charge is 0.497 e. The summed E-state index contributed by atoms with van der Waals surface area (Å²) in [4.78, 5) is 6.17. The van der Waals surface area contributed by atoms with Gasteiger partial charge in [0.2, 0.25) is 0 Å². The Morgan fingerprint density at radius 1 is 1.16 bits per heavy atom. The molecule has 4 nitrogen and oxygen atoms in total. The molecular weight excluding hydrogens is 238 g/mol. The third-order valence-corrected chi connectivity index (χ3v) is 2.83. The second-order valence-corrected chi connectivity index (χ2v) is 4.33. The van der Waals surface area contributed by atoms with Crippen LogP contribution in [0.15, 0.2) is 36.5 Å². The molecule has 0 N–H and O–H groups in total. The number of anilines is 1.